The maximum Gasteiger partial charge on any atom is 0.327 e. The van der Waals surface area contributed by atoms with Crippen LogP contribution in [-0.4, -0.2) is 149 Å². The summed E-state index contributed by atoms with van der Waals surface area (Å²) < 4.78 is 0. The molecule has 0 spiro atoms. The summed E-state index contributed by atoms with van der Waals surface area (Å²) in [7, 11) is 0. The molecular formula is C40H73N13O10S2. The summed E-state index contributed by atoms with van der Waals surface area (Å²) in [5, 5.41) is 25.1. The van der Waals surface area contributed by atoms with E-state index in [1.165, 1.54) is 4.90 Å². The molecule has 0 bridgehead atoms. The zero-order valence-electron chi connectivity index (χ0n) is 37.9. The lowest BCUT2D eigenvalue weighted by molar-refractivity contribution is -0.141. The molecule has 0 radical (unpaired) electrons. The second-order valence-corrected chi connectivity index (χ2v) is 17.3. The second kappa shape index (κ2) is 30.3. The number of aliphatic imine (C=N–C) groups is 1. The molecule has 0 unspecified atom stereocenters. The van der Waals surface area contributed by atoms with Gasteiger partial charge in [-0.15, -0.1) is 0 Å². The molecule has 17 N–H and O–H groups in total. The third kappa shape index (κ3) is 20.9. The monoisotopic (exact) mass is 960 g/mol. The summed E-state index contributed by atoms with van der Waals surface area (Å²) in [6.45, 7) is 7.80. The molecule has 0 aromatic heterocycles. The van der Waals surface area contributed by atoms with Gasteiger partial charge in [-0.25, -0.2) is 4.79 Å². The van der Waals surface area contributed by atoms with E-state index in [2.05, 4.69) is 62.2 Å². The van der Waals surface area contributed by atoms with Crippen LogP contribution in [0.5, 0.6) is 0 Å². The van der Waals surface area contributed by atoms with Gasteiger partial charge in [0.05, 0.1) is 6.04 Å². The van der Waals surface area contributed by atoms with Crippen molar-refractivity contribution < 1.29 is 48.3 Å². The van der Waals surface area contributed by atoms with E-state index in [9.17, 15) is 48.3 Å². The number of aliphatic carboxylic acids is 1. The largest absolute Gasteiger partial charge is 0.480 e. The molecule has 0 aromatic carbocycles. The lowest BCUT2D eigenvalue weighted by atomic mass is 9.96. The summed E-state index contributed by atoms with van der Waals surface area (Å²) in [6, 6.07) is -9.61. The summed E-state index contributed by atoms with van der Waals surface area (Å²) in [5.41, 5.74) is 27.8. The zero-order chi connectivity index (χ0) is 49.4. The highest BCUT2D eigenvalue weighted by Gasteiger charge is 2.39. The summed E-state index contributed by atoms with van der Waals surface area (Å²) in [4.78, 5) is 125. The minimum Gasteiger partial charge on any atom is -0.480 e. The number of nitrogens with zero attached hydrogens (tertiary/aromatic N) is 2. The van der Waals surface area contributed by atoms with Crippen LogP contribution in [0.4, 0.5) is 0 Å². The van der Waals surface area contributed by atoms with Gasteiger partial charge in [0.1, 0.15) is 42.3 Å². The van der Waals surface area contributed by atoms with Gasteiger partial charge in [-0.3, -0.25) is 43.3 Å². The van der Waals surface area contributed by atoms with Crippen LogP contribution in [-0.2, 0) is 43.2 Å². The average Bonchev–Trinajstić information content (AvgIpc) is 3.75. The average molecular weight is 960 g/mol. The molecule has 370 valence electrons. The fourth-order valence-corrected chi connectivity index (χ4v) is 7.28. The lowest BCUT2D eigenvalue weighted by Gasteiger charge is -2.31. The second-order valence-electron chi connectivity index (χ2n) is 16.5. The number of carbonyl (C=O) groups excluding carboxylic acids is 8. The van der Waals surface area contributed by atoms with Gasteiger partial charge in [0.15, 0.2) is 5.96 Å². The molecular weight excluding hydrogens is 887 g/mol. The Morgan fingerprint density at radius 1 is 0.723 bits per heavy atom. The first-order chi connectivity index (χ1) is 30.6. The van der Waals surface area contributed by atoms with Crippen molar-refractivity contribution in [1.82, 2.24) is 36.8 Å². The van der Waals surface area contributed by atoms with E-state index in [1.54, 1.807) is 27.7 Å². The highest BCUT2D eigenvalue weighted by molar-refractivity contribution is 7.80. The number of hydrogen-bond donors (Lipinski definition) is 14. The van der Waals surface area contributed by atoms with Crippen LogP contribution in [0, 0.1) is 11.8 Å². The number of carboxylic acids is 1. The van der Waals surface area contributed by atoms with Crippen molar-refractivity contribution in [2.24, 2.45) is 45.5 Å². The predicted octanol–water partition coefficient (Wildman–Crippen LogP) is -3.30. The molecule has 0 aliphatic carbocycles. The van der Waals surface area contributed by atoms with Crippen molar-refractivity contribution >= 4 is 84.4 Å². The first kappa shape index (κ1) is 58.1. The van der Waals surface area contributed by atoms with E-state index in [0.717, 1.165) is 0 Å². The zero-order valence-corrected chi connectivity index (χ0v) is 39.7. The predicted molar refractivity (Wildman–Crippen MR) is 250 cm³/mol. The van der Waals surface area contributed by atoms with E-state index in [1.807, 2.05) is 0 Å². The first-order valence-corrected chi connectivity index (χ1v) is 23.2. The number of guanidine groups is 1. The number of nitrogens with one attached hydrogen (secondary N) is 6. The van der Waals surface area contributed by atoms with E-state index >= 15 is 0 Å². The Hall–Kier alpha value is -4.88. The number of nitrogens with two attached hydrogens (primary N) is 5. The van der Waals surface area contributed by atoms with E-state index in [0.29, 0.717) is 45.2 Å². The molecule has 0 aromatic rings. The smallest absolute Gasteiger partial charge is 0.327 e. The molecule has 1 aliphatic heterocycles. The summed E-state index contributed by atoms with van der Waals surface area (Å²) >= 11 is 8.07. The minimum atomic E-state index is -1.47. The first-order valence-electron chi connectivity index (χ1n) is 22.0. The molecule has 1 heterocycles. The topological polar surface area (TPSA) is 392 Å². The number of unbranched alkanes of at least 4 members (excludes halogenated alkanes) is 1. The van der Waals surface area contributed by atoms with E-state index in [-0.39, 0.29) is 68.5 Å². The van der Waals surface area contributed by atoms with Gasteiger partial charge in [0, 0.05) is 31.0 Å². The van der Waals surface area contributed by atoms with Crippen molar-refractivity contribution in [3.63, 3.8) is 0 Å². The molecule has 0 saturated carbocycles. The Labute approximate surface area is 391 Å². The van der Waals surface area contributed by atoms with Crippen molar-refractivity contribution in [3.8, 4) is 0 Å². The fourth-order valence-electron chi connectivity index (χ4n) is 6.87. The maximum atomic E-state index is 14.2. The molecule has 1 rings (SSSR count). The van der Waals surface area contributed by atoms with Gasteiger partial charge in [-0.1, -0.05) is 34.1 Å². The van der Waals surface area contributed by atoms with Crippen molar-refractivity contribution in [1.29, 1.82) is 0 Å². The summed E-state index contributed by atoms with van der Waals surface area (Å²) in [5.74, 6) is -8.27. The van der Waals surface area contributed by atoms with Gasteiger partial charge < -0.3 is 70.6 Å². The van der Waals surface area contributed by atoms with Crippen molar-refractivity contribution in [2.45, 2.75) is 147 Å². The number of thiol groups is 2. The van der Waals surface area contributed by atoms with Crippen LogP contribution >= 0.6 is 25.3 Å². The molecule has 65 heavy (non-hydrogen) atoms. The third-order valence-corrected chi connectivity index (χ3v) is 11.5. The summed E-state index contributed by atoms with van der Waals surface area (Å²) in [6.07, 6.45) is 1.95. The highest BCUT2D eigenvalue weighted by atomic mass is 32.1. The van der Waals surface area contributed by atoms with Gasteiger partial charge in [-0.2, -0.15) is 25.3 Å². The molecule has 8 amide bonds. The SMILES string of the molecule is CC[C@H](C)[C@H](NC(=O)[C@H](CCCCN)NC(=O)[C@@H]1CCCN1C(=O)[C@@H](N)CS)C(=O)N[C@@H](CC(C)C)C(=O)N[C@@H](CCC(N)=O)C(=O)N[C@@H](CCCN=C(N)N)C(=O)N[C@@H](CS)C(=O)O. The van der Waals surface area contributed by atoms with E-state index < -0.39 is 107 Å². The molecule has 1 saturated heterocycles. The highest BCUT2D eigenvalue weighted by Crippen LogP contribution is 2.20. The molecule has 1 fully saturated rings. The molecule has 1 aliphatic rings. The van der Waals surface area contributed by atoms with E-state index in [4.69, 9.17) is 28.7 Å². The van der Waals surface area contributed by atoms with Crippen LogP contribution in [0.25, 0.3) is 0 Å². The van der Waals surface area contributed by atoms with Gasteiger partial charge in [-0.05, 0) is 76.2 Å². The van der Waals surface area contributed by atoms with Gasteiger partial charge in [0.25, 0.3) is 0 Å². The maximum absolute atomic E-state index is 14.2. The van der Waals surface area contributed by atoms with Crippen LogP contribution in [0.15, 0.2) is 4.99 Å². The molecule has 23 nitrogen and oxygen atoms in total. The van der Waals surface area contributed by atoms with Crippen molar-refractivity contribution in [3.05, 3.63) is 0 Å². The van der Waals surface area contributed by atoms with Crippen LogP contribution in [0.3, 0.4) is 0 Å². The number of likely N-dealkylation sites (tertiary alicyclic amines) is 1. The number of primary amides is 1. The van der Waals surface area contributed by atoms with Crippen molar-refractivity contribution in [2.75, 3.05) is 31.1 Å². The number of rotatable bonds is 31. The fraction of sp³-hybridized carbons (Fsp3) is 0.750. The Morgan fingerprint density at radius 2 is 1.26 bits per heavy atom. The van der Waals surface area contributed by atoms with Gasteiger partial charge in [0.2, 0.25) is 47.3 Å². The number of amides is 8. The number of carbonyl (C=O) groups is 9. The number of hydrogen-bond acceptors (Lipinski definition) is 14. The normalized spacial score (nSPS) is 17.2. The Bertz CT molecular complexity index is 1650. The van der Waals surface area contributed by atoms with Crippen LogP contribution in [0.2, 0.25) is 0 Å². The molecule has 25 heteroatoms. The Morgan fingerprint density at radius 3 is 1.78 bits per heavy atom. The number of carboxylic acid groups (broad SMARTS) is 1. The Balaban J connectivity index is 3.42. The standard InChI is InChI=1S/C40H73N13O10S2/c1-5-22(4)31(52-34(57)24(10-6-7-15-41)49-36(59)29-12-9-17-53(29)38(61)23(42)19-64)37(60)50-27(18-21(2)3)35(58)48-26(13-14-30(43)54)33(56)47-25(11-8-16-46-40(44)45)32(55)51-28(20-65)39(62)63/h21-29,31,64-65H,5-20,41-42H2,1-4H3,(H2,43,54)(H,47,56)(H,48,58)(H,49,59)(H,50,60)(H,51,55)(H,52,57)(H,62,63)(H4,44,45,46)/t22-,23-,24-,25-,26-,27-,28-,29-,31-/m0/s1. The third-order valence-electron chi connectivity index (χ3n) is 10.8. The quantitative estimate of drug-likeness (QED) is 0.0140. The molecule has 9 atom stereocenters. The van der Waals surface area contributed by atoms with Crippen LogP contribution < -0.4 is 60.6 Å². The van der Waals surface area contributed by atoms with Gasteiger partial charge >= 0.3 is 5.97 Å². The lowest BCUT2D eigenvalue weighted by Crippen LogP contribution is -2.61. The Kier molecular flexibility index (Phi) is 27.1. The minimum absolute atomic E-state index is 0.0598. The van der Waals surface area contributed by atoms with Crippen LogP contribution in [0.1, 0.15) is 98.3 Å².